The summed E-state index contributed by atoms with van der Waals surface area (Å²) in [5.74, 6) is -0.792. The third kappa shape index (κ3) is 3.49. The number of fused-ring (bicyclic) bond motifs is 1. The molecule has 0 unspecified atom stereocenters. The van der Waals surface area contributed by atoms with Gasteiger partial charge in [0.15, 0.2) is 0 Å². The Labute approximate surface area is 161 Å². The van der Waals surface area contributed by atoms with E-state index in [0.717, 1.165) is 38.9 Å². The predicted molar refractivity (Wildman–Crippen MR) is 108 cm³/mol. The molecule has 0 aliphatic rings. The first-order valence-corrected chi connectivity index (χ1v) is 8.93. The lowest BCUT2D eigenvalue weighted by atomic mass is 10.00. The maximum atomic E-state index is 10.7. The largest absolute Gasteiger partial charge is 0.481 e. The van der Waals surface area contributed by atoms with Crippen molar-refractivity contribution in [2.45, 2.75) is 12.8 Å². The van der Waals surface area contributed by atoms with Crippen LogP contribution < -0.4 is 0 Å². The smallest absolute Gasteiger partial charge is 0.303 e. The number of rotatable bonds is 5. The van der Waals surface area contributed by atoms with Gasteiger partial charge in [-0.15, -0.1) is 0 Å². The number of aromatic nitrogens is 2. The van der Waals surface area contributed by atoms with Crippen molar-refractivity contribution in [3.8, 4) is 28.3 Å². The SMILES string of the molecule is N#Cc1cccc(-c2cnc3[nH]cc(-c4ccc(CCC(=O)O)cc4)c3c2)c1. The topological polar surface area (TPSA) is 89.8 Å². The number of carboxylic acids is 1. The van der Waals surface area contributed by atoms with Crippen molar-refractivity contribution in [1.29, 1.82) is 5.26 Å². The zero-order valence-corrected chi connectivity index (χ0v) is 15.0. The van der Waals surface area contributed by atoms with E-state index < -0.39 is 5.97 Å². The Morgan fingerprint density at radius 2 is 1.89 bits per heavy atom. The number of aliphatic carboxylic acids is 1. The Morgan fingerprint density at radius 1 is 1.07 bits per heavy atom. The molecule has 28 heavy (non-hydrogen) atoms. The number of carboxylic acid groups (broad SMARTS) is 1. The van der Waals surface area contributed by atoms with Crippen LogP contribution in [0.5, 0.6) is 0 Å². The molecule has 0 aliphatic heterocycles. The van der Waals surface area contributed by atoms with Crippen LogP contribution in [0.3, 0.4) is 0 Å². The van der Waals surface area contributed by atoms with Gasteiger partial charge in [0.2, 0.25) is 0 Å². The minimum atomic E-state index is -0.792. The minimum absolute atomic E-state index is 0.126. The lowest BCUT2D eigenvalue weighted by Gasteiger charge is -2.05. The number of aryl methyl sites for hydroxylation is 1. The Balaban J connectivity index is 1.70. The van der Waals surface area contributed by atoms with E-state index >= 15 is 0 Å². The molecule has 2 N–H and O–H groups in total. The van der Waals surface area contributed by atoms with E-state index in [1.54, 1.807) is 12.3 Å². The highest BCUT2D eigenvalue weighted by atomic mass is 16.4. The molecule has 4 aromatic rings. The van der Waals surface area contributed by atoms with Crippen LogP contribution in [0.4, 0.5) is 0 Å². The van der Waals surface area contributed by atoms with E-state index in [-0.39, 0.29) is 6.42 Å². The molecule has 5 heteroatoms. The van der Waals surface area contributed by atoms with Gasteiger partial charge in [0, 0.05) is 35.3 Å². The number of aromatic amines is 1. The molecule has 2 aromatic carbocycles. The highest BCUT2D eigenvalue weighted by Crippen LogP contribution is 2.31. The van der Waals surface area contributed by atoms with E-state index in [1.165, 1.54) is 0 Å². The fraction of sp³-hybridized carbons (Fsp3) is 0.0870. The molecule has 2 heterocycles. The Kier molecular flexibility index (Phi) is 4.61. The van der Waals surface area contributed by atoms with Crippen molar-refractivity contribution in [2.75, 3.05) is 0 Å². The first-order valence-electron chi connectivity index (χ1n) is 8.93. The predicted octanol–water partition coefficient (Wildman–Crippen LogP) is 4.79. The zero-order valence-electron chi connectivity index (χ0n) is 15.0. The first kappa shape index (κ1) is 17.5. The van der Waals surface area contributed by atoms with E-state index in [1.807, 2.05) is 48.7 Å². The quantitative estimate of drug-likeness (QED) is 0.531. The van der Waals surface area contributed by atoms with Gasteiger partial charge in [-0.1, -0.05) is 36.4 Å². The minimum Gasteiger partial charge on any atom is -0.481 e. The summed E-state index contributed by atoms with van der Waals surface area (Å²) < 4.78 is 0. The summed E-state index contributed by atoms with van der Waals surface area (Å²) in [5, 5.41) is 18.9. The Bertz CT molecular complexity index is 1200. The lowest BCUT2D eigenvalue weighted by molar-refractivity contribution is -0.136. The average Bonchev–Trinajstić information content (AvgIpc) is 3.16. The van der Waals surface area contributed by atoms with E-state index in [4.69, 9.17) is 10.4 Å². The normalized spacial score (nSPS) is 10.7. The van der Waals surface area contributed by atoms with E-state index in [9.17, 15) is 4.79 Å². The van der Waals surface area contributed by atoms with Gasteiger partial charge in [-0.05, 0) is 41.3 Å². The molecule has 0 atom stereocenters. The molecule has 0 amide bonds. The molecule has 0 saturated heterocycles. The third-order valence-corrected chi connectivity index (χ3v) is 4.75. The first-order chi connectivity index (χ1) is 13.6. The molecule has 0 spiro atoms. The second-order valence-electron chi connectivity index (χ2n) is 6.61. The number of carbonyl (C=O) groups is 1. The molecule has 0 fully saturated rings. The van der Waals surface area contributed by atoms with Crippen LogP contribution in [0.25, 0.3) is 33.3 Å². The van der Waals surface area contributed by atoms with Crippen LogP contribution in [0.1, 0.15) is 17.5 Å². The number of nitrogens with one attached hydrogen (secondary N) is 1. The van der Waals surface area contributed by atoms with Gasteiger partial charge >= 0.3 is 5.97 Å². The zero-order chi connectivity index (χ0) is 19.5. The second kappa shape index (κ2) is 7.37. The summed E-state index contributed by atoms with van der Waals surface area (Å²) in [7, 11) is 0. The molecule has 136 valence electrons. The van der Waals surface area contributed by atoms with Crippen LogP contribution in [-0.2, 0) is 11.2 Å². The fourth-order valence-corrected chi connectivity index (χ4v) is 3.27. The number of H-pyrrole nitrogens is 1. The molecule has 4 rings (SSSR count). The Morgan fingerprint density at radius 3 is 2.64 bits per heavy atom. The van der Waals surface area contributed by atoms with Crippen molar-refractivity contribution in [3.05, 3.63) is 78.1 Å². The maximum Gasteiger partial charge on any atom is 0.303 e. The fourth-order valence-electron chi connectivity index (χ4n) is 3.27. The summed E-state index contributed by atoms with van der Waals surface area (Å²) in [6.07, 6.45) is 4.37. The van der Waals surface area contributed by atoms with Gasteiger partial charge in [0.05, 0.1) is 11.6 Å². The Hall–Kier alpha value is -3.91. The summed E-state index contributed by atoms with van der Waals surface area (Å²) in [6, 6.07) is 19.6. The number of hydrogen-bond donors (Lipinski definition) is 2. The lowest BCUT2D eigenvalue weighted by Crippen LogP contribution is -1.97. The standard InChI is InChI=1S/C23H17N3O2/c24-12-16-2-1-3-18(10-16)19-11-20-21(14-26-23(20)25-13-19)17-7-4-15(5-8-17)6-9-22(27)28/h1-5,7-8,10-11,13-14H,6,9H2,(H,25,26)(H,27,28). The number of nitriles is 1. The second-order valence-corrected chi connectivity index (χ2v) is 6.61. The summed E-state index contributed by atoms with van der Waals surface area (Å²) in [6.45, 7) is 0. The van der Waals surface area contributed by atoms with Crippen LogP contribution in [0.2, 0.25) is 0 Å². The van der Waals surface area contributed by atoms with Gasteiger partial charge in [-0.3, -0.25) is 4.79 Å². The molecule has 2 aromatic heterocycles. The van der Waals surface area contributed by atoms with Crippen molar-refractivity contribution < 1.29 is 9.90 Å². The molecule has 0 bridgehead atoms. The van der Waals surface area contributed by atoms with Gasteiger partial charge in [0.25, 0.3) is 0 Å². The van der Waals surface area contributed by atoms with Crippen LogP contribution in [-0.4, -0.2) is 21.0 Å². The molecule has 5 nitrogen and oxygen atoms in total. The van der Waals surface area contributed by atoms with Crippen molar-refractivity contribution in [1.82, 2.24) is 9.97 Å². The highest BCUT2D eigenvalue weighted by Gasteiger charge is 2.10. The summed E-state index contributed by atoms with van der Waals surface area (Å²) in [5.41, 5.74) is 6.38. The van der Waals surface area contributed by atoms with Crippen LogP contribution in [0, 0.1) is 11.3 Å². The average molecular weight is 367 g/mol. The molecule has 0 aliphatic carbocycles. The van der Waals surface area contributed by atoms with Gasteiger partial charge in [0.1, 0.15) is 5.65 Å². The van der Waals surface area contributed by atoms with Gasteiger partial charge in [-0.25, -0.2) is 4.98 Å². The third-order valence-electron chi connectivity index (χ3n) is 4.75. The van der Waals surface area contributed by atoms with Crippen molar-refractivity contribution in [3.63, 3.8) is 0 Å². The van der Waals surface area contributed by atoms with E-state index in [2.05, 4.69) is 22.1 Å². The van der Waals surface area contributed by atoms with Gasteiger partial charge < -0.3 is 10.1 Å². The van der Waals surface area contributed by atoms with Crippen LogP contribution in [0.15, 0.2) is 67.0 Å². The number of pyridine rings is 1. The summed E-state index contributed by atoms with van der Waals surface area (Å²) >= 11 is 0. The highest BCUT2D eigenvalue weighted by molar-refractivity contribution is 5.95. The number of hydrogen-bond acceptors (Lipinski definition) is 3. The van der Waals surface area contributed by atoms with Crippen molar-refractivity contribution >= 4 is 17.0 Å². The van der Waals surface area contributed by atoms with Crippen molar-refractivity contribution in [2.24, 2.45) is 0 Å². The molecular formula is C23H17N3O2. The van der Waals surface area contributed by atoms with Gasteiger partial charge in [-0.2, -0.15) is 5.26 Å². The molecule has 0 saturated carbocycles. The number of nitrogens with zero attached hydrogens (tertiary/aromatic N) is 2. The van der Waals surface area contributed by atoms with Crippen LogP contribution >= 0.6 is 0 Å². The summed E-state index contributed by atoms with van der Waals surface area (Å²) in [4.78, 5) is 18.5. The van der Waals surface area contributed by atoms with E-state index in [0.29, 0.717) is 12.0 Å². The molecular weight excluding hydrogens is 350 g/mol. The maximum absolute atomic E-state index is 10.7. The monoisotopic (exact) mass is 367 g/mol. The number of benzene rings is 2. The molecule has 0 radical (unpaired) electrons.